The van der Waals surface area contributed by atoms with Crippen molar-refractivity contribution in [3.05, 3.63) is 64.1 Å². The highest BCUT2D eigenvalue weighted by atomic mass is 79.9. The molecule has 1 atom stereocenters. The summed E-state index contributed by atoms with van der Waals surface area (Å²) < 4.78 is 6.75. The van der Waals surface area contributed by atoms with E-state index in [1.165, 1.54) is 17.5 Å². The Morgan fingerprint density at radius 3 is 2.61 bits per heavy atom. The van der Waals surface area contributed by atoms with Crippen LogP contribution in [0.15, 0.2) is 53.0 Å². The number of nitrogens with one attached hydrogen (secondary N) is 1. The Morgan fingerprint density at radius 2 is 1.83 bits per heavy atom. The van der Waals surface area contributed by atoms with Crippen LogP contribution in [-0.2, 0) is 0 Å². The van der Waals surface area contributed by atoms with E-state index in [0.717, 1.165) is 36.4 Å². The second-order valence-electron chi connectivity index (χ2n) is 5.84. The molecule has 3 nitrogen and oxygen atoms in total. The molecule has 1 aliphatic heterocycles. The predicted molar refractivity (Wildman–Crippen MR) is 98.0 cm³/mol. The lowest BCUT2D eigenvalue weighted by Crippen LogP contribution is -2.33. The van der Waals surface area contributed by atoms with Gasteiger partial charge in [-0.3, -0.25) is 4.90 Å². The SMILES string of the molecule is COc1ccccc1C(c1ccc(Br)cc1)N1CCCNCC1. The van der Waals surface area contributed by atoms with Gasteiger partial charge in [0.15, 0.2) is 0 Å². The molecule has 0 aromatic heterocycles. The monoisotopic (exact) mass is 374 g/mol. The Morgan fingerprint density at radius 1 is 1.04 bits per heavy atom. The van der Waals surface area contributed by atoms with Gasteiger partial charge in [0.1, 0.15) is 5.75 Å². The van der Waals surface area contributed by atoms with Crippen LogP contribution in [0.3, 0.4) is 0 Å². The summed E-state index contributed by atoms with van der Waals surface area (Å²) in [5.74, 6) is 0.956. The van der Waals surface area contributed by atoms with E-state index in [0.29, 0.717) is 0 Å². The Hall–Kier alpha value is -1.36. The Kier molecular flexibility index (Phi) is 5.70. The topological polar surface area (TPSA) is 24.5 Å². The molecular formula is C19H23BrN2O. The molecule has 3 rings (SSSR count). The molecule has 0 saturated carbocycles. The summed E-state index contributed by atoms with van der Waals surface area (Å²) in [5.41, 5.74) is 2.54. The van der Waals surface area contributed by atoms with Crippen LogP contribution in [-0.4, -0.2) is 38.2 Å². The van der Waals surface area contributed by atoms with Crippen LogP contribution in [0.2, 0.25) is 0 Å². The number of rotatable bonds is 4. The van der Waals surface area contributed by atoms with E-state index in [2.05, 4.69) is 68.6 Å². The summed E-state index contributed by atoms with van der Waals surface area (Å²) in [6.45, 7) is 4.25. The van der Waals surface area contributed by atoms with Crippen molar-refractivity contribution in [2.24, 2.45) is 0 Å². The first-order chi connectivity index (χ1) is 11.3. The average Bonchev–Trinajstić information content (AvgIpc) is 2.87. The quantitative estimate of drug-likeness (QED) is 0.879. The van der Waals surface area contributed by atoms with Gasteiger partial charge in [-0.2, -0.15) is 0 Å². The van der Waals surface area contributed by atoms with E-state index >= 15 is 0 Å². The second kappa shape index (κ2) is 7.95. The van der Waals surface area contributed by atoms with E-state index in [4.69, 9.17) is 4.74 Å². The van der Waals surface area contributed by atoms with Gasteiger partial charge < -0.3 is 10.1 Å². The average molecular weight is 375 g/mol. The minimum atomic E-state index is 0.221. The maximum Gasteiger partial charge on any atom is 0.123 e. The molecular weight excluding hydrogens is 352 g/mol. The van der Waals surface area contributed by atoms with Gasteiger partial charge in [0.05, 0.1) is 13.2 Å². The number of methoxy groups -OCH3 is 1. The molecule has 0 bridgehead atoms. The summed E-state index contributed by atoms with van der Waals surface area (Å²) in [6, 6.07) is 17.2. The van der Waals surface area contributed by atoms with Gasteiger partial charge in [0.25, 0.3) is 0 Å². The maximum absolute atomic E-state index is 5.64. The molecule has 1 unspecified atom stereocenters. The lowest BCUT2D eigenvalue weighted by molar-refractivity contribution is 0.236. The fraction of sp³-hybridized carbons (Fsp3) is 0.368. The van der Waals surface area contributed by atoms with Crippen LogP contribution in [0.25, 0.3) is 0 Å². The molecule has 1 fully saturated rings. The molecule has 23 heavy (non-hydrogen) atoms. The maximum atomic E-state index is 5.64. The summed E-state index contributed by atoms with van der Waals surface area (Å²) in [4.78, 5) is 2.56. The zero-order valence-corrected chi connectivity index (χ0v) is 15.1. The number of hydrogen-bond acceptors (Lipinski definition) is 3. The van der Waals surface area contributed by atoms with E-state index < -0.39 is 0 Å². The number of ether oxygens (including phenoxy) is 1. The zero-order valence-electron chi connectivity index (χ0n) is 13.5. The predicted octanol–water partition coefficient (Wildman–Crippen LogP) is 3.84. The molecule has 1 heterocycles. The van der Waals surface area contributed by atoms with E-state index in [1.54, 1.807) is 7.11 Å². The van der Waals surface area contributed by atoms with Crippen molar-refractivity contribution < 1.29 is 4.74 Å². The van der Waals surface area contributed by atoms with Gasteiger partial charge in [0, 0.05) is 29.7 Å². The molecule has 0 amide bonds. The van der Waals surface area contributed by atoms with Crippen molar-refractivity contribution in [1.29, 1.82) is 0 Å². The summed E-state index contributed by atoms with van der Waals surface area (Å²) in [7, 11) is 1.75. The first-order valence-corrected chi connectivity index (χ1v) is 8.92. The van der Waals surface area contributed by atoms with Gasteiger partial charge in [-0.15, -0.1) is 0 Å². The van der Waals surface area contributed by atoms with Crippen LogP contribution >= 0.6 is 15.9 Å². The number of benzene rings is 2. The molecule has 2 aromatic carbocycles. The zero-order chi connectivity index (χ0) is 16.1. The number of halogens is 1. The Labute approximate surface area is 146 Å². The van der Waals surface area contributed by atoms with Crippen LogP contribution in [0, 0.1) is 0 Å². The highest BCUT2D eigenvalue weighted by molar-refractivity contribution is 9.10. The molecule has 0 radical (unpaired) electrons. The molecule has 1 saturated heterocycles. The Bertz CT molecular complexity index is 622. The smallest absolute Gasteiger partial charge is 0.123 e. The standard InChI is InChI=1S/C19H23BrN2O/c1-23-18-6-3-2-5-17(18)19(15-7-9-16(20)10-8-15)22-13-4-11-21-12-14-22/h2-3,5-10,19,21H,4,11-14H2,1H3. The van der Waals surface area contributed by atoms with E-state index in [1.807, 2.05) is 6.07 Å². The van der Waals surface area contributed by atoms with Crippen molar-refractivity contribution in [1.82, 2.24) is 10.2 Å². The van der Waals surface area contributed by atoms with Crippen molar-refractivity contribution in [3.63, 3.8) is 0 Å². The number of hydrogen-bond donors (Lipinski definition) is 1. The summed E-state index contributed by atoms with van der Waals surface area (Å²) in [6.07, 6.45) is 1.17. The molecule has 0 aliphatic carbocycles. The second-order valence-corrected chi connectivity index (χ2v) is 6.75. The summed E-state index contributed by atoms with van der Waals surface area (Å²) in [5, 5.41) is 3.49. The third-order valence-corrected chi connectivity index (χ3v) is 4.89. The van der Waals surface area contributed by atoms with Gasteiger partial charge in [-0.25, -0.2) is 0 Å². The first kappa shape index (κ1) is 16.5. The van der Waals surface area contributed by atoms with Crippen molar-refractivity contribution in [3.8, 4) is 5.75 Å². The van der Waals surface area contributed by atoms with Crippen LogP contribution in [0.4, 0.5) is 0 Å². The molecule has 2 aromatic rings. The van der Waals surface area contributed by atoms with Crippen LogP contribution < -0.4 is 10.1 Å². The van der Waals surface area contributed by atoms with Crippen molar-refractivity contribution >= 4 is 15.9 Å². The summed E-state index contributed by atoms with van der Waals surface area (Å²) >= 11 is 3.54. The largest absolute Gasteiger partial charge is 0.496 e. The third kappa shape index (κ3) is 3.94. The van der Waals surface area contributed by atoms with Gasteiger partial charge in [0.2, 0.25) is 0 Å². The lowest BCUT2D eigenvalue weighted by atomic mass is 9.96. The fourth-order valence-electron chi connectivity index (χ4n) is 3.25. The van der Waals surface area contributed by atoms with Crippen molar-refractivity contribution in [2.45, 2.75) is 12.5 Å². The normalized spacial score (nSPS) is 17.5. The van der Waals surface area contributed by atoms with Gasteiger partial charge in [-0.1, -0.05) is 46.3 Å². The molecule has 1 aliphatic rings. The number of nitrogens with zero attached hydrogens (tertiary/aromatic N) is 1. The highest BCUT2D eigenvalue weighted by Crippen LogP contribution is 2.35. The first-order valence-electron chi connectivity index (χ1n) is 8.13. The Balaban J connectivity index is 2.03. The van der Waals surface area contributed by atoms with E-state index in [-0.39, 0.29) is 6.04 Å². The minimum Gasteiger partial charge on any atom is -0.496 e. The van der Waals surface area contributed by atoms with Crippen molar-refractivity contribution in [2.75, 3.05) is 33.3 Å². The lowest BCUT2D eigenvalue weighted by Gasteiger charge is -2.32. The highest BCUT2D eigenvalue weighted by Gasteiger charge is 2.25. The van der Waals surface area contributed by atoms with Gasteiger partial charge >= 0.3 is 0 Å². The molecule has 4 heteroatoms. The third-order valence-electron chi connectivity index (χ3n) is 4.36. The van der Waals surface area contributed by atoms with Crippen LogP contribution in [0.5, 0.6) is 5.75 Å². The molecule has 0 spiro atoms. The van der Waals surface area contributed by atoms with Gasteiger partial charge in [-0.05, 0) is 36.7 Å². The minimum absolute atomic E-state index is 0.221. The molecule has 1 N–H and O–H groups in total. The number of para-hydroxylation sites is 1. The fourth-order valence-corrected chi connectivity index (χ4v) is 3.51. The van der Waals surface area contributed by atoms with Crippen LogP contribution in [0.1, 0.15) is 23.6 Å². The van der Waals surface area contributed by atoms with E-state index in [9.17, 15) is 0 Å². The molecule has 122 valence electrons.